The molecule has 156 valence electrons. The Kier molecular flexibility index (Phi) is 6.79. The molecule has 6 heteroatoms. The van der Waals surface area contributed by atoms with Crippen LogP contribution in [0.15, 0.2) is 66.0 Å². The van der Waals surface area contributed by atoms with Gasteiger partial charge in [-0.25, -0.2) is 0 Å². The number of carbonyl (C=O) groups excluding carboxylic acids is 1. The van der Waals surface area contributed by atoms with E-state index < -0.39 is 0 Å². The fraction of sp³-hybridized carbons (Fsp3) is 0.292. The number of piperazine rings is 1. The number of amides is 1. The molecule has 0 radical (unpaired) electrons. The largest absolute Gasteiger partial charge is 0.488 e. The van der Waals surface area contributed by atoms with Crippen molar-refractivity contribution in [2.45, 2.75) is 13.2 Å². The molecular weight excluding hydrogens is 394 g/mol. The van der Waals surface area contributed by atoms with Crippen LogP contribution in [0, 0.1) is 0 Å². The number of benzene rings is 2. The molecule has 1 aromatic heterocycles. The molecule has 0 aliphatic carbocycles. The van der Waals surface area contributed by atoms with Crippen molar-refractivity contribution in [3.8, 4) is 5.75 Å². The van der Waals surface area contributed by atoms with Crippen LogP contribution < -0.4 is 10.1 Å². The van der Waals surface area contributed by atoms with Gasteiger partial charge >= 0.3 is 0 Å². The molecule has 1 aliphatic rings. The Morgan fingerprint density at radius 2 is 1.87 bits per heavy atom. The SMILES string of the molecule is CN1CCN(Cc2cccc(NC(=O)c3cccc(OCc4cccs4)c3)c2)CC1. The molecule has 1 saturated heterocycles. The number of nitrogens with zero attached hydrogens (tertiary/aromatic N) is 2. The number of anilines is 1. The fourth-order valence-corrected chi connectivity index (χ4v) is 4.11. The van der Waals surface area contributed by atoms with Crippen molar-refractivity contribution in [1.82, 2.24) is 9.80 Å². The molecule has 1 aliphatic heterocycles. The summed E-state index contributed by atoms with van der Waals surface area (Å²) in [5.74, 6) is 0.563. The Labute approximate surface area is 181 Å². The van der Waals surface area contributed by atoms with E-state index in [2.05, 4.69) is 34.3 Å². The topological polar surface area (TPSA) is 44.8 Å². The van der Waals surface area contributed by atoms with Gasteiger partial charge in [0.05, 0.1) is 0 Å². The Bertz CT molecular complexity index is 966. The van der Waals surface area contributed by atoms with Crippen molar-refractivity contribution in [1.29, 1.82) is 0 Å². The van der Waals surface area contributed by atoms with E-state index in [0.29, 0.717) is 17.9 Å². The number of hydrogen-bond donors (Lipinski definition) is 1. The molecule has 5 nitrogen and oxygen atoms in total. The molecule has 1 N–H and O–H groups in total. The maximum Gasteiger partial charge on any atom is 0.255 e. The number of hydrogen-bond acceptors (Lipinski definition) is 5. The predicted molar refractivity (Wildman–Crippen MR) is 122 cm³/mol. The normalized spacial score (nSPS) is 15.1. The Balaban J connectivity index is 1.36. The van der Waals surface area contributed by atoms with Crippen LogP contribution in [0.5, 0.6) is 5.75 Å². The van der Waals surface area contributed by atoms with E-state index in [1.54, 1.807) is 23.5 Å². The first kappa shape index (κ1) is 20.6. The van der Waals surface area contributed by atoms with E-state index in [0.717, 1.165) is 43.3 Å². The van der Waals surface area contributed by atoms with Gasteiger partial charge in [-0.3, -0.25) is 9.69 Å². The second kappa shape index (κ2) is 9.89. The standard InChI is InChI=1S/C24H27N3O2S/c1-26-10-12-27(13-11-26)17-19-5-2-7-21(15-19)25-24(28)20-6-3-8-22(16-20)29-18-23-9-4-14-30-23/h2-9,14-16H,10-13,17-18H2,1H3,(H,25,28). The van der Waals surface area contributed by atoms with Gasteiger partial charge in [0.25, 0.3) is 5.91 Å². The quantitative estimate of drug-likeness (QED) is 0.617. The van der Waals surface area contributed by atoms with Gasteiger partial charge in [-0.05, 0) is 54.4 Å². The smallest absolute Gasteiger partial charge is 0.255 e. The number of thiophene rings is 1. The highest BCUT2D eigenvalue weighted by molar-refractivity contribution is 7.09. The van der Waals surface area contributed by atoms with Crippen molar-refractivity contribution in [3.63, 3.8) is 0 Å². The van der Waals surface area contributed by atoms with Crippen LogP contribution in [0.1, 0.15) is 20.8 Å². The summed E-state index contributed by atoms with van der Waals surface area (Å²) in [5, 5.41) is 5.05. The maximum atomic E-state index is 12.8. The molecule has 2 heterocycles. The summed E-state index contributed by atoms with van der Waals surface area (Å²) in [6.07, 6.45) is 0. The third-order valence-electron chi connectivity index (χ3n) is 5.24. The molecule has 0 atom stereocenters. The van der Waals surface area contributed by atoms with Gasteiger partial charge in [-0.1, -0.05) is 24.3 Å². The highest BCUT2D eigenvalue weighted by Gasteiger charge is 2.14. The van der Waals surface area contributed by atoms with Crippen LogP contribution in [-0.4, -0.2) is 48.9 Å². The minimum atomic E-state index is -0.131. The molecule has 1 fully saturated rings. The predicted octanol–water partition coefficient (Wildman–Crippen LogP) is 4.33. The monoisotopic (exact) mass is 421 g/mol. The van der Waals surface area contributed by atoms with Crippen LogP contribution in [0.3, 0.4) is 0 Å². The molecule has 3 aromatic rings. The van der Waals surface area contributed by atoms with Crippen LogP contribution in [-0.2, 0) is 13.2 Å². The van der Waals surface area contributed by atoms with Gasteiger partial charge in [0.15, 0.2) is 0 Å². The van der Waals surface area contributed by atoms with Gasteiger partial charge in [0, 0.05) is 48.9 Å². The molecular formula is C24H27N3O2S. The molecule has 30 heavy (non-hydrogen) atoms. The summed E-state index contributed by atoms with van der Waals surface area (Å²) in [6.45, 7) is 5.76. The number of rotatable bonds is 7. The number of ether oxygens (including phenoxy) is 1. The summed E-state index contributed by atoms with van der Waals surface area (Å²) in [6, 6.07) is 19.5. The van der Waals surface area contributed by atoms with E-state index in [9.17, 15) is 4.79 Å². The highest BCUT2D eigenvalue weighted by atomic mass is 32.1. The molecule has 2 aromatic carbocycles. The maximum absolute atomic E-state index is 12.8. The zero-order valence-electron chi connectivity index (χ0n) is 17.2. The van der Waals surface area contributed by atoms with Gasteiger partial charge in [-0.15, -0.1) is 11.3 Å². The van der Waals surface area contributed by atoms with E-state index >= 15 is 0 Å². The lowest BCUT2D eigenvalue weighted by Crippen LogP contribution is -2.43. The van der Waals surface area contributed by atoms with Crippen LogP contribution in [0.25, 0.3) is 0 Å². The van der Waals surface area contributed by atoms with Crippen molar-refractivity contribution in [2.75, 3.05) is 38.5 Å². The molecule has 0 bridgehead atoms. The van der Waals surface area contributed by atoms with Crippen molar-refractivity contribution in [3.05, 3.63) is 82.0 Å². The molecule has 0 unspecified atom stereocenters. The summed E-state index contributed by atoms with van der Waals surface area (Å²) in [7, 11) is 2.16. The summed E-state index contributed by atoms with van der Waals surface area (Å²) in [4.78, 5) is 18.7. The van der Waals surface area contributed by atoms with Gasteiger partial charge in [0.1, 0.15) is 12.4 Å². The van der Waals surface area contributed by atoms with Crippen LogP contribution >= 0.6 is 11.3 Å². The minimum absolute atomic E-state index is 0.131. The number of carbonyl (C=O) groups is 1. The first-order valence-corrected chi connectivity index (χ1v) is 11.1. The first-order chi connectivity index (χ1) is 14.7. The van der Waals surface area contributed by atoms with Crippen LogP contribution in [0.2, 0.25) is 0 Å². The van der Waals surface area contributed by atoms with Gasteiger partial charge in [-0.2, -0.15) is 0 Å². The second-order valence-corrected chi connectivity index (χ2v) is 8.66. The highest BCUT2D eigenvalue weighted by Crippen LogP contribution is 2.19. The average Bonchev–Trinajstić information content (AvgIpc) is 3.28. The van der Waals surface area contributed by atoms with E-state index in [4.69, 9.17) is 4.74 Å². The fourth-order valence-electron chi connectivity index (χ4n) is 3.49. The lowest BCUT2D eigenvalue weighted by atomic mass is 10.1. The minimum Gasteiger partial charge on any atom is -0.488 e. The number of likely N-dealkylation sites (N-methyl/N-ethyl adjacent to an activating group) is 1. The molecule has 4 rings (SSSR count). The Morgan fingerprint density at radius 1 is 1.03 bits per heavy atom. The average molecular weight is 422 g/mol. The van der Waals surface area contributed by atoms with Gasteiger partial charge < -0.3 is 15.0 Å². The van der Waals surface area contributed by atoms with Gasteiger partial charge in [0.2, 0.25) is 0 Å². The van der Waals surface area contributed by atoms with Crippen molar-refractivity contribution in [2.24, 2.45) is 0 Å². The molecule has 1 amide bonds. The van der Waals surface area contributed by atoms with Crippen molar-refractivity contribution >= 4 is 22.9 Å². The van der Waals surface area contributed by atoms with Crippen molar-refractivity contribution < 1.29 is 9.53 Å². The Hall–Kier alpha value is -2.67. The third kappa shape index (κ3) is 5.69. The summed E-state index contributed by atoms with van der Waals surface area (Å²) >= 11 is 1.66. The second-order valence-electron chi connectivity index (χ2n) is 7.63. The summed E-state index contributed by atoms with van der Waals surface area (Å²) in [5.41, 5.74) is 2.62. The molecule has 0 spiro atoms. The van der Waals surface area contributed by atoms with E-state index in [1.165, 1.54) is 5.56 Å². The van der Waals surface area contributed by atoms with E-state index in [-0.39, 0.29) is 5.91 Å². The number of nitrogens with one attached hydrogen (secondary N) is 1. The molecule has 0 saturated carbocycles. The third-order valence-corrected chi connectivity index (χ3v) is 6.09. The first-order valence-electron chi connectivity index (χ1n) is 10.2. The van der Waals surface area contributed by atoms with E-state index in [1.807, 2.05) is 41.8 Å². The van der Waals surface area contributed by atoms with Crippen LogP contribution in [0.4, 0.5) is 5.69 Å². The zero-order valence-corrected chi connectivity index (χ0v) is 18.0. The lowest BCUT2D eigenvalue weighted by Gasteiger charge is -2.32. The lowest BCUT2D eigenvalue weighted by molar-refractivity contribution is 0.102. The summed E-state index contributed by atoms with van der Waals surface area (Å²) < 4.78 is 5.82. The zero-order chi connectivity index (χ0) is 20.8. The Morgan fingerprint density at radius 3 is 2.67 bits per heavy atom.